The van der Waals surface area contributed by atoms with Gasteiger partial charge in [0.2, 0.25) is 0 Å². The molecule has 4 nitrogen and oxygen atoms in total. The minimum absolute atomic E-state index is 0.0996. The van der Waals surface area contributed by atoms with Crippen LogP contribution in [-0.2, 0) is 0 Å². The number of hydrogen-bond donors (Lipinski definition) is 2. The zero-order chi connectivity index (χ0) is 10.8. The van der Waals surface area contributed by atoms with E-state index in [1.165, 1.54) is 0 Å². The van der Waals surface area contributed by atoms with Gasteiger partial charge in [0.25, 0.3) is 5.91 Å². The molecule has 1 heterocycles. The highest BCUT2D eigenvalue weighted by Crippen LogP contribution is 2.17. The van der Waals surface area contributed by atoms with Gasteiger partial charge in [-0.25, -0.2) is 5.01 Å². The highest BCUT2D eigenvalue weighted by atomic mass is 16.2. The second-order valence-electron chi connectivity index (χ2n) is 3.58. The molecule has 0 unspecified atom stereocenters. The number of hydrazine groups is 1. The van der Waals surface area contributed by atoms with E-state index in [0.29, 0.717) is 5.56 Å². The number of aromatic nitrogens is 1. The molecule has 1 aromatic carbocycles. The Morgan fingerprint density at radius 3 is 2.80 bits per heavy atom. The van der Waals surface area contributed by atoms with Gasteiger partial charge in [-0.2, -0.15) is 0 Å². The van der Waals surface area contributed by atoms with Gasteiger partial charge in [-0.3, -0.25) is 10.2 Å². The molecule has 0 aliphatic rings. The summed E-state index contributed by atoms with van der Waals surface area (Å²) in [5.74, 6) is -0.0996. The van der Waals surface area contributed by atoms with Crippen LogP contribution in [0.5, 0.6) is 0 Å². The molecule has 78 valence electrons. The summed E-state index contributed by atoms with van der Waals surface area (Å²) in [6, 6.07) is 7.73. The fourth-order valence-electron chi connectivity index (χ4n) is 1.52. The maximum absolute atomic E-state index is 11.8. The molecule has 2 rings (SSSR count). The van der Waals surface area contributed by atoms with Crippen molar-refractivity contribution in [2.75, 3.05) is 14.1 Å². The van der Waals surface area contributed by atoms with Gasteiger partial charge in [-0.05, 0) is 6.07 Å². The van der Waals surface area contributed by atoms with Crippen molar-refractivity contribution in [3.63, 3.8) is 0 Å². The van der Waals surface area contributed by atoms with Crippen molar-refractivity contribution in [3.05, 3.63) is 36.0 Å². The van der Waals surface area contributed by atoms with E-state index in [1.54, 1.807) is 25.3 Å². The molecule has 0 aliphatic heterocycles. The van der Waals surface area contributed by atoms with Crippen LogP contribution in [0.25, 0.3) is 10.9 Å². The Morgan fingerprint density at radius 1 is 1.33 bits per heavy atom. The molecule has 0 bridgehead atoms. The average Bonchev–Trinajstić information content (AvgIpc) is 2.59. The number of rotatable bonds is 2. The van der Waals surface area contributed by atoms with Crippen molar-refractivity contribution in [1.82, 2.24) is 15.4 Å². The number of nitrogens with zero attached hydrogens (tertiary/aromatic N) is 1. The second-order valence-corrected chi connectivity index (χ2v) is 3.58. The fraction of sp³-hybridized carbons (Fsp3) is 0.182. The Morgan fingerprint density at radius 2 is 2.07 bits per heavy atom. The third-order valence-corrected chi connectivity index (χ3v) is 2.16. The number of H-pyrrole nitrogens is 1. The largest absolute Gasteiger partial charge is 0.360 e. The molecule has 2 N–H and O–H groups in total. The molecule has 4 heteroatoms. The third kappa shape index (κ3) is 1.85. The first-order valence-electron chi connectivity index (χ1n) is 4.73. The molecule has 0 atom stereocenters. The standard InChI is InChI=1S/C11H13N3O/c1-14(2)13-11(15)9-7-12-10-6-4-3-5-8(9)10/h3-7,12H,1-2H3,(H,13,15). The Hall–Kier alpha value is -1.81. The molecule has 0 fully saturated rings. The van der Waals surface area contributed by atoms with Crippen LogP contribution in [0.15, 0.2) is 30.5 Å². The van der Waals surface area contributed by atoms with Crippen LogP contribution in [-0.4, -0.2) is 30.0 Å². The average molecular weight is 203 g/mol. The van der Waals surface area contributed by atoms with Gasteiger partial charge in [0, 0.05) is 31.2 Å². The number of carbonyl (C=O) groups excluding carboxylic acids is 1. The summed E-state index contributed by atoms with van der Waals surface area (Å²) in [4.78, 5) is 14.8. The molecule has 0 saturated carbocycles. The number of para-hydroxylation sites is 1. The number of benzene rings is 1. The van der Waals surface area contributed by atoms with Gasteiger partial charge in [0.05, 0.1) is 5.56 Å². The number of carbonyl (C=O) groups is 1. The van der Waals surface area contributed by atoms with Crippen molar-refractivity contribution in [3.8, 4) is 0 Å². The van der Waals surface area contributed by atoms with Crippen LogP contribution in [0.1, 0.15) is 10.4 Å². The highest BCUT2D eigenvalue weighted by molar-refractivity contribution is 6.06. The maximum Gasteiger partial charge on any atom is 0.267 e. The lowest BCUT2D eigenvalue weighted by Crippen LogP contribution is -2.35. The predicted octanol–water partition coefficient (Wildman–Crippen LogP) is 1.37. The van der Waals surface area contributed by atoms with E-state index in [1.807, 2.05) is 24.3 Å². The zero-order valence-corrected chi connectivity index (χ0v) is 8.74. The lowest BCUT2D eigenvalue weighted by molar-refractivity contribution is 0.0859. The van der Waals surface area contributed by atoms with Gasteiger partial charge in [-0.1, -0.05) is 18.2 Å². The summed E-state index contributed by atoms with van der Waals surface area (Å²) in [5, 5.41) is 2.57. The summed E-state index contributed by atoms with van der Waals surface area (Å²) in [6.45, 7) is 0. The van der Waals surface area contributed by atoms with Gasteiger partial charge in [0.1, 0.15) is 0 Å². The maximum atomic E-state index is 11.8. The molecular formula is C11H13N3O. The van der Waals surface area contributed by atoms with Crippen LogP contribution in [0, 0.1) is 0 Å². The number of hydrogen-bond acceptors (Lipinski definition) is 2. The van der Waals surface area contributed by atoms with E-state index in [2.05, 4.69) is 10.4 Å². The lowest BCUT2D eigenvalue weighted by Gasteiger charge is -2.10. The van der Waals surface area contributed by atoms with Crippen LogP contribution >= 0.6 is 0 Å². The van der Waals surface area contributed by atoms with Crippen molar-refractivity contribution < 1.29 is 4.79 Å². The summed E-state index contributed by atoms with van der Waals surface area (Å²) < 4.78 is 0. The Balaban J connectivity index is 2.40. The van der Waals surface area contributed by atoms with Crippen molar-refractivity contribution in [1.29, 1.82) is 0 Å². The molecule has 0 spiro atoms. The van der Waals surface area contributed by atoms with E-state index < -0.39 is 0 Å². The minimum atomic E-state index is -0.0996. The fourth-order valence-corrected chi connectivity index (χ4v) is 1.52. The normalized spacial score (nSPS) is 10.9. The molecule has 0 radical (unpaired) electrons. The number of amides is 1. The van der Waals surface area contributed by atoms with Gasteiger partial charge < -0.3 is 4.98 Å². The van der Waals surface area contributed by atoms with E-state index in [-0.39, 0.29) is 5.91 Å². The number of fused-ring (bicyclic) bond motifs is 1. The van der Waals surface area contributed by atoms with E-state index >= 15 is 0 Å². The van der Waals surface area contributed by atoms with Gasteiger partial charge in [0.15, 0.2) is 0 Å². The molecule has 0 aliphatic carbocycles. The molecule has 1 amide bonds. The molecule has 2 aromatic rings. The minimum Gasteiger partial charge on any atom is -0.360 e. The first-order chi connectivity index (χ1) is 7.18. The summed E-state index contributed by atoms with van der Waals surface area (Å²) in [6.07, 6.45) is 1.73. The number of nitrogens with one attached hydrogen (secondary N) is 2. The first-order valence-corrected chi connectivity index (χ1v) is 4.73. The molecular weight excluding hydrogens is 190 g/mol. The molecule has 15 heavy (non-hydrogen) atoms. The van der Waals surface area contributed by atoms with E-state index in [9.17, 15) is 4.79 Å². The highest BCUT2D eigenvalue weighted by Gasteiger charge is 2.11. The van der Waals surface area contributed by atoms with Crippen molar-refractivity contribution in [2.45, 2.75) is 0 Å². The molecule has 0 saturated heterocycles. The topological polar surface area (TPSA) is 48.1 Å². The van der Waals surface area contributed by atoms with E-state index in [4.69, 9.17) is 0 Å². The van der Waals surface area contributed by atoms with Gasteiger partial charge >= 0.3 is 0 Å². The predicted molar refractivity (Wildman–Crippen MR) is 59.5 cm³/mol. The Kier molecular flexibility index (Phi) is 2.43. The monoisotopic (exact) mass is 203 g/mol. The SMILES string of the molecule is CN(C)NC(=O)c1c[nH]c2ccccc12. The van der Waals surface area contributed by atoms with Gasteiger partial charge in [-0.15, -0.1) is 0 Å². The third-order valence-electron chi connectivity index (χ3n) is 2.16. The molecule has 1 aromatic heterocycles. The Bertz CT molecular complexity index is 487. The summed E-state index contributed by atoms with van der Waals surface area (Å²) in [5.41, 5.74) is 4.35. The quantitative estimate of drug-likeness (QED) is 0.724. The summed E-state index contributed by atoms with van der Waals surface area (Å²) in [7, 11) is 3.57. The van der Waals surface area contributed by atoms with Crippen LogP contribution < -0.4 is 5.43 Å². The van der Waals surface area contributed by atoms with Crippen molar-refractivity contribution >= 4 is 16.8 Å². The number of aromatic amines is 1. The first kappa shape index (κ1) is 9.73. The lowest BCUT2D eigenvalue weighted by atomic mass is 10.2. The Labute approximate surface area is 87.9 Å². The van der Waals surface area contributed by atoms with Crippen molar-refractivity contribution in [2.24, 2.45) is 0 Å². The summed E-state index contributed by atoms with van der Waals surface area (Å²) >= 11 is 0. The van der Waals surface area contributed by atoms with Crippen LogP contribution in [0.2, 0.25) is 0 Å². The van der Waals surface area contributed by atoms with Crippen LogP contribution in [0.3, 0.4) is 0 Å². The van der Waals surface area contributed by atoms with Crippen LogP contribution in [0.4, 0.5) is 0 Å². The smallest absolute Gasteiger partial charge is 0.267 e. The second kappa shape index (κ2) is 3.74. The van der Waals surface area contributed by atoms with E-state index in [0.717, 1.165) is 10.9 Å². The zero-order valence-electron chi connectivity index (χ0n) is 8.74.